The predicted octanol–water partition coefficient (Wildman–Crippen LogP) is 3.22. The molecular weight excluding hydrogens is 416 g/mol. The second-order valence-corrected chi connectivity index (χ2v) is 9.65. The van der Waals surface area contributed by atoms with Crippen LogP contribution in [0.25, 0.3) is 11.3 Å². The molecule has 2 aliphatic rings. The Hall–Kier alpha value is -2.45. The lowest BCUT2D eigenvalue weighted by atomic mass is 9.89. The predicted molar refractivity (Wildman–Crippen MR) is 120 cm³/mol. The highest BCUT2D eigenvalue weighted by Gasteiger charge is 2.34. The number of hydrogen-bond donors (Lipinski definition) is 0. The molecule has 0 aliphatic carbocycles. The minimum absolute atomic E-state index is 0. The van der Waals surface area contributed by atoms with Gasteiger partial charge in [-0.2, -0.15) is 0 Å². The summed E-state index contributed by atoms with van der Waals surface area (Å²) in [6, 6.07) is 9.97. The van der Waals surface area contributed by atoms with Crippen LogP contribution in [0.1, 0.15) is 32.3 Å². The summed E-state index contributed by atoms with van der Waals surface area (Å²) in [6.07, 6.45) is 5.90. The molecule has 1 fully saturated rings. The van der Waals surface area contributed by atoms with Gasteiger partial charge >= 0.3 is 6.09 Å². The van der Waals surface area contributed by atoms with Gasteiger partial charge in [0.05, 0.1) is 27.5 Å². The Morgan fingerprint density at radius 3 is 2.58 bits per heavy atom. The van der Waals surface area contributed by atoms with Crippen LogP contribution >= 0.6 is 0 Å². The lowest BCUT2D eigenvalue weighted by Crippen LogP contribution is -2.43. The van der Waals surface area contributed by atoms with Crippen LogP contribution in [0.4, 0.5) is 4.79 Å². The fourth-order valence-corrected chi connectivity index (χ4v) is 4.61. The number of amides is 1. The van der Waals surface area contributed by atoms with Crippen LogP contribution in [0, 0.1) is 5.92 Å². The van der Waals surface area contributed by atoms with Crippen LogP contribution in [0.2, 0.25) is 0 Å². The molecule has 0 bridgehead atoms. The van der Waals surface area contributed by atoms with E-state index >= 15 is 0 Å². The SMILES string of the molecule is CC(C)OC(=O)N1CCC(C2Cc3cc(-c4ccc(S(C)=O)cn4)ccc3O2)CC1.O. The molecule has 31 heavy (non-hydrogen) atoms. The van der Waals surface area contributed by atoms with Gasteiger partial charge in [-0.05, 0) is 68.5 Å². The van der Waals surface area contributed by atoms with Crippen molar-refractivity contribution in [3.63, 3.8) is 0 Å². The van der Waals surface area contributed by atoms with Crippen molar-refractivity contribution in [1.82, 2.24) is 9.88 Å². The van der Waals surface area contributed by atoms with E-state index in [1.807, 2.05) is 38.1 Å². The molecule has 1 amide bonds. The molecule has 8 heteroatoms. The molecule has 0 spiro atoms. The van der Waals surface area contributed by atoms with Crippen molar-refractivity contribution in [1.29, 1.82) is 0 Å². The quantitative estimate of drug-likeness (QED) is 0.718. The minimum Gasteiger partial charge on any atom is -0.490 e. The van der Waals surface area contributed by atoms with Crippen molar-refractivity contribution in [2.75, 3.05) is 19.3 Å². The van der Waals surface area contributed by atoms with Crippen LogP contribution in [-0.4, -0.2) is 57.2 Å². The first-order valence-electron chi connectivity index (χ1n) is 10.5. The number of hydrogen-bond acceptors (Lipinski definition) is 5. The van der Waals surface area contributed by atoms with Crippen LogP contribution in [0.5, 0.6) is 5.75 Å². The van der Waals surface area contributed by atoms with Gasteiger partial charge in [-0.1, -0.05) is 0 Å². The van der Waals surface area contributed by atoms with Gasteiger partial charge in [-0.25, -0.2) is 4.79 Å². The van der Waals surface area contributed by atoms with Crippen LogP contribution in [0.15, 0.2) is 41.4 Å². The van der Waals surface area contributed by atoms with E-state index in [-0.39, 0.29) is 23.8 Å². The fraction of sp³-hybridized carbons (Fsp3) is 0.478. The average molecular weight is 447 g/mol. The first kappa shape index (κ1) is 23.2. The Balaban J connectivity index is 0.00000272. The maximum absolute atomic E-state index is 12.1. The molecule has 168 valence electrons. The second kappa shape index (κ2) is 9.78. The highest BCUT2D eigenvalue weighted by molar-refractivity contribution is 7.84. The lowest BCUT2D eigenvalue weighted by molar-refractivity contribution is 0.0503. The molecule has 2 aromatic rings. The number of ether oxygens (including phenoxy) is 2. The molecule has 3 heterocycles. The molecule has 7 nitrogen and oxygen atoms in total. The molecule has 2 N–H and O–H groups in total. The number of fused-ring (bicyclic) bond motifs is 1. The Kier molecular flexibility index (Phi) is 7.33. The maximum atomic E-state index is 12.1. The van der Waals surface area contributed by atoms with Crippen LogP contribution in [-0.2, 0) is 22.0 Å². The van der Waals surface area contributed by atoms with E-state index in [0.29, 0.717) is 19.0 Å². The third-order valence-electron chi connectivity index (χ3n) is 5.78. The van der Waals surface area contributed by atoms with Crippen LogP contribution in [0.3, 0.4) is 0 Å². The van der Waals surface area contributed by atoms with E-state index in [0.717, 1.165) is 41.2 Å². The van der Waals surface area contributed by atoms with E-state index in [1.165, 1.54) is 5.56 Å². The monoisotopic (exact) mass is 446 g/mol. The zero-order valence-corrected chi connectivity index (χ0v) is 19.0. The summed E-state index contributed by atoms with van der Waals surface area (Å²) < 4.78 is 23.1. The molecule has 1 aromatic heterocycles. The van der Waals surface area contributed by atoms with E-state index in [1.54, 1.807) is 17.4 Å². The van der Waals surface area contributed by atoms with Crippen LogP contribution < -0.4 is 4.74 Å². The summed E-state index contributed by atoms with van der Waals surface area (Å²) in [5.41, 5.74) is 3.11. The van der Waals surface area contributed by atoms with Gasteiger partial charge < -0.3 is 19.8 Å². The number of piperidine rings is 1. The Bertz CT molecular complexity index is 939. The highest BCUT2D eigenvalue weighted by Crippen LogP contribution is 2.37. The van der Waals surface area contributed by atoms with E-state index in [2.05, 4.69) is 11.1 Å². The fourth-order valence-electron chi connectivity index (χ4n) is 4.15. The van der Waals surface area contributed by atoms with Gasteiger partial charge in [-0.3, -0.25) is 9.19 Å². The van der Waals surface area contributed by atoms with E-state index in [9.17, 15) is 9.00 Å². The molecule has 2 aliphatic heterocycles. The lowest BCUT2D eigenvalue weighted by Gasteiger charge is -2.34. The van der Waals surface area contributed by atoms with Gasteiger partial charge in [0.25, 0.3) is 0 Å². The third-order valence-corrected chi connectivity index (χ3v) is 6.69. The Morgan fingerprint density at radius 2 is 1.97 bits per heavy atom. The summed E-state index contributed by atoms with van der Waals surface area (Å²) >= 11 is 0. The second-order valence-electron chi connectivity index (χ2n) is 8.27. The smallest absolute Gasteiger partial charge is 0.410 e. The zero-order chi connectivity index (χ0) is 21.3. The summed E-state index contributed by atoms with van der Waals surface area (Å²) in [5, 5.41) is 0. The number of carbonyl (C=O) groups excluding carboxylic acids is 1. The summed E-state index contributed by atoms with van der Waals surface area (Å²) in [5.74, 6) is 1.37. The molecule has 2 unspecified atom stereocenters. The maximum Gasteiger partial charge on any atom is 0.410 e. The van der Waals surface area contributed by atoms with E-state index < -0.39 is 10.8 Å². The molecule has 0 saturated carbocycles. The normalized spacial score (nSPS) is 19.4. The third kappa shape index (κ3) is 5.25. The highest BCUT2D eigenvalue weighted by atomic mass is 32.2. The van der Waals surface area contributed by atoms with Crippen molar-refractivity contribution in [3.05, 3.63) is 42.1 Å². The van der Waals surface area contributed by atoms with Gasteiger partial charge in [0, 0.05) is 37.5 Å². The van der Waals surface area contributed by atoms with Crippen molar-refractivity contribution in [2.45, 2.75) is 50.2 Å². The Morgan fingerprint density at radius 1 is 1.23 bits per heavy atom. The molecule has 1 aromatic carbocycles. The Labute approximate surface area is 185 Å². The standard InChI is InChI=1S/C23H28N2O4S.H2O/c1-15(2)28-23(26)25-10-8-16(9-11-25)22-13-18-12-17(4-7-21(18)29-22)20-6-5-19(14-24-20)30(3)27;/h4-7,12,14-16,22H,8-11,13H2,1-3H3;1H2. The molecule has 0 radical (unpaired) electrons. The molecule has 2 atom stereocenters. The van der Waals surface area contributed by atoms with E-state index in [4.69, 9.17) is 9.47 Å². The van der Waals surface area contributed by atoms with Gasteiger partial charge in [-0.15, -0.1) is 0 Å². The van der Waals surface area contributed by atoms with Gasteiger partial charge in [0.2, 0.25) is 0 Å². The average Bonchev–Trinajstić information content (AvgIpc) is 3.17. The first-order valence-corrected chi connectivity index (χ1v) is 12.0. The summed E-state index contributed by atoms with van der Waals surface area (Å²) in [7, 11) is -1.02. The number of benzene rings is 1. The zero-order valence-electron chi connectivity index (χ0n) is 18.2. The topological polar surface area (TPSA) is 100 Å². The summed E-state index contributed by atoms with van der Waals surface area (Å²) in [4.78, 5) is 19.1. The molecule has 1 saturated heterocycles. The van der Waals surface area contributed by atoms with Crippen molar-refractivity contribution in [3.8, 4) is 17.0 Å². The number of likely N-dealkylation sites (tertiary alicyclic amines) is 1. The van der Waals surface area contributed by atoms with Gasteiger partial charge in [0.1, 0.15) is 11.9 Å². The first-order chi connectivity index (χ1) is 14.4. The molecule has 4 rings (SSSR count). The number of pyridine rings is 1. The number of aromatic nitrogens is 1. The van der Waals surface area contributed by atoms with Crippen molar-refractivity contribution in [2.24, 2.45) is 5.92 Å². The number of nitrogens with zero attached hydrogens (tertiary/aromatic N) is 2. The van der Waals surface area contributed by atoms with Gasteiger partial charge in [0.15, 0.2) is 0 Å². The minimum atomic E-state index is -1.02. The summed E-state index contributed by atoms with van der Waals surface area (Å²) in [6.45, 7) is 5.17. The molecular formula is C23H30N2O5S. The van der Waals surface area contributed by atoms with Crippen molar-refractivity contribution < 1.29 is 24.0 Å². The number of rotatable bonds is 4. The largest absolute Gasteiger partial charge is 0.490 e. The van der Waals surface area contributed by atoms with Crippen molar-refractivity contribution >= 4 is 16.9 Å². The number of carbonyl (C=O) groups is 1.